The molecule has 0 spiro atoms. The van der Waals surface area contributed by atoms with Gasteiger partial charge in [0.15, 0.2) is 0 Å². The van der Waals surface area contributed by atoms with Crippen LogP contribution in [0.3, 0.4) is 0 Å². The Morgan fingerprint density at radius 2 is 1.88 bits per heavy atom. The molecule has 0 radical (unpaired) electrons. The van der Waals surface area contributed by atoms with Crippen LogP contribution >= 0.6 is 11.8 Å². The second-order valence-electron chi connectivity index (χ2n) is 3.76. The SMILES string of the molecule is CSCc1ccc(CNCc2ccncc2)o1. The summed E-state index contributed by atoms with van der Waals surface area (Å²) in [5.74, 6) is 2.96. The zero-order valence-electron chi connectivity index (χ0n) is 9.85. The predicted molar refractivity (Wildman–Crippen MR) is 70.7 cm³/mol. The third-order valence-electron chi connectivity index (χ3n) is 2.38. The van der Waals surface area contributed by atoms with E-state index in [4.69, 9.17) is 4.42 Å². The number of hydrogen-bond donors (Lipinski definition) is 1. The monoisotopic (exact) mass is 248 g/mol. The van der Waals surface area contributed by atoms with Crippen LogP contribution in [0.15, 0.2) is 41.1 Å². The quantitative estimate of drug-likeness (QED) is 0.853. The van der Waals surface area contributed by atoms with Gasteiger partial charge in [-0.3, -0.25) is 4.98 Å². The van der Waals surface area contributed by atoms with E-state index in [9.17, 15) is 0 Å². The second-order valence-corrected chi connectivity index (χ2v) is 4.63. The average Bonchev–Trinajstić information content (AvgIpc) is 2.79. The van der Waals surface area contributed by atoms with Gasteiger partial charge in [-0.15, -0.1) is 0 Å². The Hall–Kier alpha value is -1.26. The Morgan fingerprint density at radius 3 is 2.65 bits per heavy atom. The number of rotatable bonds is 6. The third-order valence-corrected chi connectivity index (χ3v) is 2.95. The van der Waals surface area contributed by atoms with Crippen molar-refractivity contribution < 1.29 is 4.42 Å². The number of pyridine rings is 1. The molecular weight excluding hydrogens is 232 g/mol. The number of aromatic nitrogens is 1. The Balaban J connectivity index is 1.78. The molecule has 0 aromatic carbocycles. The summed E-state index contributed by atoms with van der Waals surface area (Å²) >= 11 is 1.77. The van der Waals surface area contributed by atoms with Crippen LogP contribution in [0, 0.1) is 0 Å². The van der Waals surface area contributed by atoms with Crippen molar-refractivity contribution in [3.05, 3.63) is 53.7 Å². The van der Waals surface area contributed by atoms with E-state index >= 15 is 0 Å². The molecule has 2 rings (SSSR count). The van der Waals surface area contributed by atoms with Crippen molar-refractivity contribution in [3.8, 4) is 0 Å². The number of hydrogen-bond acceptors (Lipinski definition) is 4. The lowest BCUT2D eigenvalue weighted by atomic mass is 10.3. The van der Waals surface area contributed by atoms with Gasteiger partial charge in [0.05, 0.1) is 12.3 Å². The normalized spacial score (nSPS) is 10.6. The lowest BCUT2D eigenvalue weighted by molar-refractivity contribution is 0.459. The topological polar surface area (TPSA) is 38.1 Å². The molecule has 1 N–H and O–H groups in total. The van der Waals surface area contributed by atoms with Crippen molar-refractivity contribution in [2.24, 2.45) is 0 Å². The largest absolute Gasteiger partial charge is 0.464 e. The number of nitrogens with one attached hydrogen (secondary N) is 1. The molecule has 3 nitrogen and oxygen atoms in total. The highest BCUT2D eigenvalue weighted by atomic mass is 32.2. The molecule has 0 fully saturated rings. The predicted octanol–water partition coefficient (Wildman–Crippen LogP) is 2.83. The van der Waals surface area contributed by atoms with Gasteiger partial charge in [-0.05, 0) is 36.1 Å². The summed E-state index contributed by atoms with van der Waals surface area (Å²) in [4.78, 5) is 3.99. The number of furan rings is 1. The Morgan fingerprint density at radius 1 is 1.12 bits per heavy atom. The molecule has 0 amide bonds. The molecule has 0 aliphatic rings. The van der Waals surface area contributed by atoms with Crippen molar-refractivity contribution in [3.63, 3.8) is 0 Å². The summed E-state index contributed by atoms with van der Waals surface area (Å²) in [6.45, 7) is 1.60. The third kappa shape index (κ3) is 3.91. The Bertz CT molecular complexity index is 442. The van der Waals surface area contributed by atoms with Crippen LogP contribution in [0.4, 0.5) is 0 Å². The van der Waals surface area contributed by atoms with Crippen LogP contribution in [-0.4, -0.2) is 11.2 Å². The maximum Gasteiger partial charge on any atom is 0.118 e. The van der Waals surface area contributed by atoms with Crippen molar-refractivity contribution in [1.82, 2.24) is 10.3 Å². The minimum atomic E-state index is 0.761. The van der Waals surface area contributed by atoms with Crippen LogP contribution in [-0.2, 0) is 18.8 Å². The molecule has 2 aromatic heterocycles. The van der Waals surface area contributed by atoms with Gasteiger partial charge >= 0.3 is 0 Å². The van der Waals surface area contributed by atoms with Gasteiger partial charge in [0.1, 0.15) is 11.5 Å². The molecule has 0 unspecified atom stereocenters. The van der Waals surface area contributed by atoms with Crippen LogP contribution in [0.5, 0.6) is 0 Å². The van der Waals surface area contributed by atoms with Gasteiger partial charge in [-0.2, -0.15) is 11.8 Å². The maximum absolute atomic E-state index is 5.67. The van der Waals surface area contributed by atoms with Crippen LogP contribution in [0.2, 0.25) is 0 Å². The standard InChI is InChI=1S/C13H16N2OS/c1-17-10-13-3-2-12(16-13)9-15-8-11-4-6-14-7-5-11/h2-7,15H,8-10H2,1H3. The molecule has 0 aliphatic heterocycles. The number of nitrogens with zero attached hydrogens (tertiary/aromatic N) is 1. The maximum atomic E-state index is 5.67. The van der Waals surface area contributed by atoms with E-state index in [1.54, 1.807) is 24.2 Å². The first kappa shape index (κ1) is 12.2. The fraction of sp³-hybridized carbons (Fsp3) is 0.308. The van der Waals surface area contributed by atoms with E-state index in [0.717, 1.165) is 30.4 Å². The minimum absolute atomic E-state index is 0.761. The highest BCUT2D eigenvalue weighted by Gasteiger charge is 2.01. The van der Waals surface area contributed by atoms with E-state index in [-0.39, 0.29) is 0 Å². The van der Waals surface area contributed by atoms with Crippen LogP contribution in [0.1, 0.15) is 17.1 Å². The van der Waals surface area contributed by atoms with Gasteiger partial charge in [-0.1, -0.05) is 0 Å². The first-order valence-electron chi connectivity index (χ1n) is 5.54. The van der Waals surface area contributed by atoms with Crippen molar-refractivity contribution in [2.45, 2.75) is 18.8 Å². The van der Waals surface area contributed by atoms with Crippen LogP contribution < -0.4 is 5.32 Å². The molecule has 0 saturated carbocycles. The minimum Gasteiger partial charge on any atom is -0.464 e. The van der Waals surface area contributed by atoms with Gasteiger partial charge in [0.2, 0.25) is 0 Å². The molecule has 0 aliphatic carbocycles. The summed E-state index contributed by atoms with van der Waals surface area (Å²) in [6, 6.07) is 8.09. The Kier molecular flexibility index (Phi) is 4.64. The van der Waals surface area contributed by atoms with Gasteiger partial charge < -0.3 is 9.73 Å². The smallest absolute Gasteiger partial charge is 0.118 e. The van der Waals surface area contributed by atoms with Crippen molar-refractivity contribution in [1.29, 1.82) is 0 Å². The van der Waals surface area contributed by atoms with Crippen molar-refractivity contribution in [2.75, 3.05) is 6.26 Å². The molecular formula is C13H16N2OS. The molecule has 2 heterocycles. The zero-order valence-corrected chi connectivity index (χ0v) is 10.7. The van der Waals surface area contributed by atoms with Gasteiger partial charge in [0, 0.05) is 18.9 Å². The lowest BCUT2D eigenvalue weighted by Crippen LogP contribution is -2.11. The molecule has 0 bridgehead atoms. The highest BCUT2D eigenvalue weighted by Crippen LogP contribution is 2.13. The fourth-order valence-corrected chi connectivity index (χ4v) is 2.01. The zero-order chi connectivity index (χ0) is 11.9. The molecule has 0 saturated heterocycles. The summed E-state index contributed by atoms with van der Waals surface area (Å²) in [6.07, 6.45) is 5.69. The lowest BCUT2D eigenvalue weighted by Gasteiger charge is -2.02. The Labute approximate surface area is 106 Å². The first-order valence-corrected chi connectivity index (χ1v) is 6.94. The van der Waals surface area contributed by atoms with Gasteiger partial charge in [-0.25, -0.2) is 0 Å². The molecule has 90 valence electrons. The van der Waals surface area contributed by atoms with E-state index in [0.29, 0.717) is 0 Å². The van der Waals surface area contributed by atoms with E-state index in [2.05, 4.69) is 16.6 Å². The fourth-order valence-electron chi connectivity index (χ4n) is 1.57. The highest BCUT2D eigenvalue weighted by molar-refractivity contribution is 7.97. The summed E-state index contributed by atoms with van der Waals surface area (Å²) in [5.41, 5.74) is 1.23. The summed E-state index contributed by atoms with van der Waals surface area (Å²) in [5, 5.41) is 3.35. The molecule has 17 heavy (non-hydrogen) atoms. The van der Waals surface area contributed by atoms with Crippen molar-refractivity contribution >= 4 is 11.8 Å². The average molecular weight is 248 g/mol. The molecule has 4 heteroatoms. The van der Waals surface area contributed by atoms with Gasteiger partial charge in [0.25, 0.3) is 0 Å². The van der Waals surface area contributed by atoms with E-state index in [1.807, 2.05) is 24.3 Å². The molecule has 0 atom stereocenters. The van der Waals surface area contributed by atoms with E-state index in [1.165, 1.54) is 5.56 Å². The second kappa shape index (κ2) is 6.47. The summed E-state index contributed by atoms with van der Waals surface area (Å²) in [7, 11) is 0. The number of thioether (sulfide) groups is 1. The summed E-state index contributed by atoms with van der Waals surface area (Å²) < 4.78 is 5.67. The first-order chi connectivity index (χ1) is 8.38. The van der Waals surface area contributed by atoms with E-state index < -0.39 is 0 Å². The molecule has 2 aromatic rings. The van der Waals surface area contributed by atoms with Crippen LogP contribution in [0.25, 0.3) is 0 Å².